The highest BCUT2D eigenvalue weighted by atomic mass is 16.5. The maximum Gasteiger partial charge on any atom is 0.119 e. The summed E-state index contributed by atoms with van der Waals surface area (Å²) in [5.74, 6) is 1.65. The summed E-state index contributed by atoms with van der Waals surface area (Å²) in [5.41, 5.74) is 1.68. The largest absolute Gasteiger partial charge is 0.494 e. The zero-order valence-electron chi connectivity index (χ0n) is 14.5. The lowest BCUT2D eigenvalue weighted by Gasteiger charge is -2.27. The van der Waals surface area contributed by atoms with Crippen LogP contribution in [0.1, 0.15) is 59.4 Å². The zero-order chi connectivity index (χ0) is 15.7. The van der Waals surface area contributed by atoms with Gasteiger partial charge in [0.05, 0.1) is 6.61 Å². The van der Waals surface area contributed by atoms with Gasteiger partial charge in [-0.25, -0.2) is 0 Å². The monoisotopic (exact) mass is 291 g/mol. The van der Waals surface area contributed by atoms with E-state index < -0.39 is 0 Å². The first kappa shape index (κ1) is 18.0. The van der Waals surface area contributed by atoms with E-state index in [4.69, 9.17) is 4.74 Å². The minimum atomic E-state index is 0.364. The van der Waals surface area contributed by atoms with Crippen LogP contribution >= 0.6 is 0 Å². The number of hydrogen-bond acceptors (Lipinski definition) is 2. The summed E-state index contributed by atoms with van der Waals surface area (Å²) in [6, 6.07) is 8.47. The lowest BCUT2D eigenvalue weighted by atomic mass is 9.82. The summed E-state index contributed by atoms with van der Waals surface area (Å²) in [4.78, 5) is 0. The molecule has 0 radical (unpaired) electrons. The van der Waals surface area contributed by atoms with Gasteiger partial charge in [-0.2, -0.15) is 0 Å². The van der Waals surface area contributed by atoms with Crippen molar-refractivity contribution in [2.24, 2.45) is 11.3 Å². The molecule has 0 heterocycles. The van der Waals surface area contributed by atoms with Crippen LogP contribution in [-0.4, -0.2) is 13.2 Å². The van der Waals surface area contributed by atoms with E-state index in [1.165, 1.54) is 18.4 Å². The quantitative estimate of drug-likeness (QED) is 0.644. The predicted molar refractivity (Wildman–Crippen MR) is 91.8 cm³/mol. The molecule has 1 N–H and O–H groups in total. The maximum atomic E-state index is 5.73. The van der Waals surface area contributed by atoms with E-state index in [1.54, 1.807) is 0 Å². The number of nitrogens with one attached hydrogen (secondary N) is 1. The van der Waals surface area contributed by atoms with Gasteiger partial charge in [-0.05, 0) is 42.0 Å². The fraction of sp³-hybridized carbons (Fsp3) is 0.684. The molecule has 1 rings (SSSR count). The van der Waals surface area contributed by atoms with E-state index in [0.29, 0.717) is 11.3 Å². The van der Waals surface area contributed by atoms with E-state index in [1.807, 2.05) is 0 Å². The molecule has 120 valence electrons. The van der Waals surface area contributed by atoms with Crippen molar-refractivity contribution in [3.8, 4) is 5.75 Å². The standard InChI is InChI=1S/C19H33NO/c1-6-7-8-13-21-18-11-9-17(10-12-18)15-20-14-16(2)19(3,4)5/h9-12,16,20H,6-8,13-15H2,1-5H3. The molecule has 0 amide bonds. The molecule has 1 aromatic rings. The summed E-state index contributed by atoms with van der Waals surface area (Å²) >= 11 is 0. The Morgan fingerprint density at radius 3 is 2.33 bits per heavy atom. The SMILES string of the molecule is CCCCCOc1ccc(CNCC(C)C(C)(C)C)cc1. The minimum Gasteiger partial charge on any atom is -0.494 e. The Kier molecular flexibility index (Phi) is 7.81. The second kappa shape index (κ2) is 9.09. The van der Waals surface area contributed by atoms with Crippen LogP contribution in [0.2, 0.25) is 0 Å². The van der Waals surface area contributed by atoms with Gasteiger partial charge < -0.3 is 10.1 Å². The summed E-state index contributed by atoms with van der Waals surface area (Å²) in [6.07, 6.45) is 3.62. The first-order chi connectivity index (χ1) is 9.93. The molecule has 0 aliphatic rings. The van der Waals surface area contributed by atoms with Crippen LogP contribution in [-0.2, 0) is 6.54 Å². The fourth-order valence-electron chi connectivity index (χ4n) is 1.98. The Balaban J connectivity index is 2.28. The Hall–Kier alpha value is -1.02. The van der Waals surface area contributed by atoms with Gasteiger partial charge in [0.1, 0.15) is 5.75 Å². The number of hydrogen-bond donors (Lipinski definition) is 1. The van der Waals surface area contributed by atoms with Gasteiger partial charge in [0, 0.05) is 6.54 Å². The van der Waals surface area contributed by atoms with E-state index in [-0.39, 0.29) is 0 Å². The lowest BCUT2D eigenvalue weighted by Crippen LogP contribution is -2.29. The third-order valence-corrected chi connectivity index (χ3v) is 4.20. The van der Waals surface area contributed by atoms with Crippen molar-refractivity contribution in [1.29, 1.82) is 0 Å². The Labute approximate surface area is 131 Å². The molecule has 21 heavy (non-hydrogen) atoms. The van der Waals surface area contributed by atoms with Gasteiger partial charge in [-0.1, -0.05) is 59.6 Å². The Morgan fingerprint density at radius 2 is 1.76 bits per heavy atom. The normalized spacial score (nSPS) is 13.2. The maximum absolute atomic E-state index is 5.73. The van der Waals surface area contributed by atoms with Crippen LogP contribution in [0, 0.1) is 11.3 Å². The van der Waals surface area contributed by atoms with Crippen LogP contribution < -0.4 is 10.1 Å². The molecule has 1 unspecified atom stereocenters. The minimum absolute atomic E-state index is 0.364. The van der Waals surface area contributed by atoms with E-state index in [2.05, 4.69) is 64.2 Å². The molecule has 1 atom stereocenters. The van der Waals surface area contributed by atoms with E-state index >= 15 is 0 Å². The summed E-state index contributed by atoms with van der Waals surface area (Å²) in [5, 5.41) is 3.55. The molecular formula is C19H33NO. The molecule has 0 saturated carbocycles. The third kappa shape index (κ3) is 7.52. The molecular weight excluding hydrogens is 258 g/mol. The highest BCUT2D eigenvalue weighted by Gasteiger charge is 2.18. The summed E-state index contributed by atoms with van der Waals surface area (Å²) in [6.45, 7) is 14.2. The highest BCUT2D eigenvalue weighted by Crippen LogP contribution is 2.24. The zero-order valence-corrected chi connectivity index (χ0v) is 14.5. The molecule has 0 aliphatic carbocycles. The van der Waals surface area contributed by atoms with Gasteiger partial charge >= 0.3 is 0 Å². The predicted octanol–water partition coefficient (Wildman–Crippen LogP) is 5.03. The van der Waals surface area contributed by atoms with Crippen molar-refractivity contribution < 1.29 is 4.74 Å². The molecule has 1 aromatic carbocycles. The number of benzene rings is 1. The summed E-state index contributed by atoms with van der Waals surface area (Å²) in [7, 11) is 0. The molecule has 0 spiro atoms. The van der Waals surface area contributed by atoms with Crippen molar-refractivity contribution in [3.05, 3.63) is 29.8 Å². The fourth-order valence-corrected chi connectivity index (χ4v) is 1.98. The van der Waals surface area contributed by atoms with Crippen molar-refractivity contribution in [3.63, 3.8) is 0 Å². The van der Waals surface area contributed by atoms with Crippen LogP contribution in [0.4, 0.5) is 0 Å². The molecule has 0 saturated heterocycles. The summed E-state index contributed by atoms with van der Waals surface area (Å²) < 4.78 is 5.73. The first-order valence-corrected chi connectivity index (χ1v) is 8.36. The smallest absolute Gasteiger partial charge is 0.119 e. The van der Waals surface area contributed by atoms with E-state index in [9.17, 15) is 0 Å². The Bertz CT molecular complexity index is 378. The lowest BCUT2D eigenvalue weighted by molar-refractivity contribution is 0.252. The molecule has 0 bridgehead atoms. The van der Waals surface area contributed by atoms with Gasteiger partial charge in [-0.15, -0.1) is 0 Å². The second-order valence-electron chi connectivity index (χ2n) is 7.10. The number of ether oxygens (including phenoxy) is 1. The molecule has 2 heteroatoms. The van der Waals surface area contributed by atoms with E-state index in [0.717, 1.165) is 31.9 Å². The molecule has 2 nitrogen and oxygen atoms in total. The average Bonchev–Trinajstić information content (AvgIpc) is 2.44. The average molecular weight is 291 g/mol. The van der Waals surface area contributed by atoms with Crippen LogP contribution in [0.25, 0.3) is 0 Å². The second-order valence-corrected chi connectivity index (χ2v) is 7.10. The van der Waals surface area contributed by atoms with Crippen LogP contribution in [0.3, 0.4) is 0 Å². The molecule has 0 aromatic heterocycles. The van der Waals surface area contributed by atoms with Gasteiger partial charge in [-0.3, -0.25) is 0 Å². The first-order valence-electron chi connectivity index (χ1n) is 8.36. The third-order valence-electron chi connectivity index (χ3n) is 4.20. The number of unbranched alkanes of at least 4 members (excludes halogenated alkanes) is 2. The van der Waals surface area contributed by atoms with Crippen molar-refractivity contribution in [2.75, 3.05) is 13.2 Å². The highest BCUT2D eigenvalue weighted by molar-refractivity contribution is 5.27. The van der Waals surface area contributed by atoms with Crippen molar-refractivity contribution in [1.82, 2.24) is 5.32 Å². The van der Waals surface area contributed by atoms with Gasteiger partial charge in [0.15, 0.2) is 0 Å². The van der Waals surface area contributed by atoms with Gasteiger partial charge in [0.25, 0.3) is 0 Å². The molecule has 0 aliphatic heterocycles. The van der Waals surface area contributed by atoms with Gasteiger partial charge in [0.2, 0.25) is 0 Å². The Morgan fingerprint density at radius 1 is 1.10 bits per heavy atom. The molecule has 0 fully saturated rings. The topological polar surface area (TPSA) is 21.3 Å². The van der Waals surface area contributed by atoms with Crippen LogP contribution in [0.5, 0.6) is 5.75 Å². The van der Waals surface area contributed by atoms with Crippen molar-refractivity contribution >= 4 is 0 Å². The van der Waals surface area contributed by atoms with Crippen molar-refractivity contribution in [2.45, 2.75) is 60.4 Å². The van der Waals surface area contributed by atoms with Crippen LogP contribution in [0.15, 0.2) is 24.3 Å². The number of rotatable bonds is 9.